The highest BCUT2D eigenvalue weighted by molar-refractivity contribution is 9.10. The van der Waals surface area contributed by atoms with Gasteiger partial charge >= 0.3 is 0 Å². The van der Waals surface area contributed by atoms with Crippen molar-refractivity contribution in [2.45, 2.75) is 32.6 Å². The van der Waals surface area contributed by atoms with Gasteiger partial charge in [-0.2, -0.15) is 5.10 Å². The number of carbonyl (C=O) groups is 1. The summed E-state index contributed by atoms with van der Waals surface area (Å²) >= 11 is 3.46. The molecule has 24 heavy (non-hydrogen) atoms. The molecule has 130 valence electrons. The first-order valence-electron chi connectivity index (χ1n) is 8.28. The van der Waals surface area contributed by atoms with Crippen molar-refractivity contribution in [1.82, 2.24) is 15.5 Å². The van der Waals surface area contributed by atoms with E-state index in [1.165, 1.54) is 5.69 Å². The number of anilines is 1. The van der Waals surface area contributed by atoms with Crippen molar-refractivity contribution < 1.29 is 4.79 Å². The van der Waals surface area contributed by atoms with Crippen LogP contribution in [0.15, 0.2) is 34.8 Å². The number of H-pyrrole nitrogens is 1. The number of aromatic amines is 1. The van der Waals surface area contributed by atoms with Crippen LogP contribution in [-0.4, -0.2) is 36.2 Å². The molecular weight excluding hydrogens is 368 g/mol. The van der Waals surface area contributed by atoms with E-state index in [0.29, 0.717) is 18.2 Å². The van der Waals surface area contributed by atoms with Gasteiger partial charge in [-0.25, -0.2) is 0 Å². The average molecular weight is 393 g/mol. The molecule has 1 aromatic carbocycles. The lowest BCUT2D eigenvalue weighted by molar-refractivity contribution is 0.0947. The van der Waals surface area contributed by atoms with Crippen LogP contribution >= 0.6 is 15.9 Å². The zero-order valence-electron chi connectivity index (χ0n) is 14.5. The van der Waals surface area contributed by atoms with Crippen molar-refractivity contribution >= 4 is 27.5 Å². The number of aromatic nitrogens is 2. The molecule has 1 amide bonds. The van der Waals surface area contributed by atoms with Crippen LogP contribution < -0.4 is 10.2 Å². The summed E-state index contributed by atoms with van der Waals surface area (Å²) < 4.78 is 0.763. The minimum atomic E-state index is -0.138. The highest BCUT2D eigenvalue weighted by atomic mass is 79.9. The van der Waals surface area contributed by atoms with E-state index in [1.54, 1.807) is 0 Å². The van der Waals surface area contributed by atoms with Crippen molar-refractivity contribution in [3.05, 3.63) is 46.2 Å². The largest absolute Gasteiger partial charge is 0.375 e. The number of nitrogens with one attached hydrogen (secondary N) is 2. The Morgan fingerprint density at radius 1 is 1.29 bits per heavy atom. The fraction of sp³-hybridized carbons (Fsp3) is 0.444. The van der Waals surface area contributed by atoms with Gasteiger partial charge in [-0.15, -0.1) is 0 Å². The Labute approximate surface area is 152 Å². The first-order valence-corrected chi connectivity index (χ1v) is 9.08. The fourth-order valence-corrected chi connectivity index (χ4v) is 3.26. The summed E-state index contributed by atoms with van der Waals surface area (Å²) in [5.74, 6) is 0.156. The third-order valence-corrected chi connectivity index (χ3v) is 4.73. The highest BCUT2D eigenvalue weighted by Crippen LogP contribution is 2.25. The summed E-state index contributed by atoms with van der Waals surface area (Å²) in [5, 5.41) is 9.97. The number of hydrogen-bond donors (Lipinski definition) is 2. The van der Waals surface area contributed by atoms with Gasteiger partial charge in [0.05, 0.1) is 10.2 Å². The van der Waals surface area contributed by atoms with Gasteiger partial charge in [-0.1, -0.05) is 32.0 Å². The molecule has 0 bridgehead atoms. The maximum atomic E-state index is 12.2. The van der Waals surface area contributed by atoms with E-state index in [-0.39, 0.29) is 5.91 Å². The number of benzene rings is 1. The van der Waals surface area contributed by atoms with Crippen LogP contribution in [0.2, 0.25) is 0 Å². The number of para-hydroxylation sites is 1. The van der Waals surface area contributed by atoms with Gasteiger partial charge in [0.25, 0.3) is 5.91 Å². The Balaban J connectivity index is 1.72. The molecule has 0 saturated carbocycles. The molecule has 0 aliphatic carbocycles. The summed E-state index contributed by atoms with van der Waals surface area (Å²) in [7, 11) is 2.09. The fourth-order valence-electron chi connectivity index (χ4n) is 2.45. The van der Waals surface area contributed by atoms with E-state index in [2.05, 4.69) is 69.4 Å². The van der Waals surface area contributed by atoms with Crippen molar-refractivity contribution in [3.63, 3.8) is 0 Å². The molecule has 0 fully saturated rings. The number of rotatable bonds is 8. The number of amides is 1. The van der Waals surface area contributed by atoms with Crippen LogP contribution in [-0.2, 0) is 0 Å². The molecule has 6 heteroatoms. The predicted octanol–water partition coefficient (Wildman–Crippen LogP) is 3.94. The molecular formula is C18H25BrN4O. The van der Waals surface area contributed by atoms with Gasteiger partial charge in [-0.3, -0.25) is 9.89 Å². The molecule has 2 aromatic rings. The zero-order valence-corrected chi connectivity index (χ0v) is 16.1. The summed E-state index contributed by atoms with van der Waals surface area (Å²) in [6.07, 6.45) is 1.95. The molecule has 0 aliphatic rings. The van der Waals surface area contributed by atoms with Crippen molar-refractivity contribution in [2.75, 3.05) is 25.0 Å². The lowest BCUT2D eigenvalue weighted by Gasteiger charge is -2.19. The van der Waals surface area contributed by atoms with Gasteiger partial charge in [0.1, 0.15) is 0 Å². The van der Waals surface area contributed by atoms with E-state index in [1.807, 2.05) is 18.2 Å². The second-order valence-electron chi connectivity index (χ2n) is 6.17. The number of carbonyl (C=O) groups excluding carboxylic acids is 1. The Hall–Kier alpha value is -1.82. The molecule has 0 saturated heterocycles. The molecule has 2 N–H and O–H groups in total. The Kier molecular flexibility index (Phi) is 6.85. The molecule has 5 nitrogen and oxygen atoms in total. The second kappa shape index (κ2) is 8.87. The molecule has 0 radical (unpaired) electrons. The maximum Gasteiger partial charge on any atom is 0.272 e. The summed E-state index contributed by atoms with van der Waals surface area (Å²) in [4.78, 5) is 14.4. The summed E-state index contributed by atoms with van der Waals surface area (Å²) in [6.45, 7) is 5.73. The zero-order chi connectivity index (χ0) is 17.5. The van der Waals surface area contributed by atoms with Gasteiger partial charge in [0.15, 0.2) is 5.69 Å². The van der Waals surface area contributed by atoms with Gasteiger partial charge in [0.2, 0.25) is 0 Å². The van der Waals surface area contributed by atoms with Crippen LogP contribution in [0, 0.1) is 0 Å². The highest BCUT2D eigenvalue weighted by Gasteiger charge is 2.18. The minimum Gasteiger partial charge on any atom is -0.375 e. The van der Waals surface area contributed by atoms with Gasteiger partial charge < -0.3 is 10.2 Å². The lowest BCUT2D eigenvalue weighted by atomic mass is 10.1. The van der Waals surface area contributed by atoms with Crippen molar-refractivity contribution in [1.29, 1.82) is 0 Å². The lowest BCUT2D eigenvalue weighted by Crippen LogP contribution is -2.26. The molecule has 0 spiro atoms. The van der Waals surface area contributed by atoms with Crippen molar-refractivity contribution in [2.24, 2.45) is 0 Å². The molecule has 1 aromatic heterocycles. The summed E-state index contributed by atoms with van der Waals surface area (Å²) in [5.41, 5.74) is 2.59. The normalized spacial score (nSPS) is 10.9. The van der Waals surface area contributed by atoms with Gasteiger partial charge in [-0.05, 0) is 46.8 Å². The minimum absolute atomic E-state index is 0.138. The molecule has 1 heterocycles. The Morgan fingerprint density at radius 3 is 2.62 bits per heavy atom. The van der Waals surface area contributed by atoms with E-state index in [9.17, 15) is 4.79 Å². The third kappa shape index (κ3) is 4.84. The van der Waals surface area contributed by atoms with E-state index in [0.717, 1.165) is 29.6 Å². The summed E-state index contributed by atoms with van der Waals surface area (Å²) in [6, 6.07) is 10.3. The quantitative estimate of drug-likeness (QED) is 0.668. The topological polar surface area (TPSA) is 61.0 Å². The third-order valence-electron chi connectivity index (χ3n) is 3.93. The first kappa shape index (κ1) is 18.5. The second-order valence-corrected chi connectivity index (χ2v) is 6.97. The van der Waals surface area contributed by atoms with Crippen LogP contribution in [0.5, 0.6) is 0 Å². The van der Waals surface area contributed by atoms with Crippen LogP contribution in [0.3, 0.4) is 0 Å². The van der Waals surface area contributed by atoms with Crippen molar-refractivity contribution in [3.8, 4) is 0 Å². The predicted molar refractivity (Wildman–Crippen MR) is 102 cm³/mol. The monoisotopic (exact) mass is 392 g/mol. The van der Waals surface area contributed by atoms with Crippen LogP contribution in [0.4, 0.5) is 5.69 Å². The molecule has 0 atom stereocenters. The Morgan fingerprint density at radius 2 is 2.00 bits per heavy atom. The number of unbranched alkanes of at least 4 members (excludes halogenated alkanes) is 1. The van der Waals surface area contributed by atoms with Gasteiger partial charge in [0, 0.05) is 25.8 Å². The molecule has 2 rings (SSSR count). The van der Waals surface area contributed by atoms with Crippen LogP contribution in [0.1, 0.15) is 48.8 Å². The number of hydrogen-bond acceptors (Lipinski definition) is 3. The molecule has 0 unspecified atom stereocenters. The number of nitrogens with zero attached hydrogens (tertiary/aromatic N) is 2. The van der Waals surface area contributed by atoms with E-state index < -0.39 is 0 Å². The van der Waals surface area contributed by atoms with Crippen LogP contribution in [0.25, 0.3) is 0 Å². The maximum absolute atomic E-state index is 12.2. The van der Waals surface area contributed by atoms with E-state index >= 15 is 0 Å². The number of halogens is 1. The first-order chi connectivity index (χ1) is 11.5. The van der Waals surface area contributed by atoms with E-state index in [4.69, 9.17) is 0 Å². The standard InChI is InChI=1S/C18H25BrN4O/c1-13(2)16-15(19)17(22-21-16)18(24)20-11-7-8-12-23(3)14-9-5-4-6-10-14/h4-6,9-10,13H,7-8,11-12H2,1-3H3,(H,20,24)(H,21,22). The smallest absolute Gasteiger partial charge is 0.272 e. The Bertz CT molecular complexity index is 654. The SMILES string of the molecule is CC(C)c1[nH]nc(C(=O)NCCCCN(C)c2ccccc2)c1Br. The average Bonchev–Trinajstić information content (AvgIpc) is 2.97. The molecule has 0 aliphatic heterocycles.